The van der Waals surface area contributed by atoms with Crippen LogP contribution in [0.2, 0.25) is 5.02 Å². The van der Waals surface area contributed by atoms with Crippen LogP contribution >= 0.6 is 22.9 Å². The predicted molar refractivity (Wildman–Crippen MR) is 98.1 cm³/mol. The average molecular weight is 383 g/mol. The minimum absolute atomic E-state index is 0.0809. The maximum atomic E-state index is 14.3. The number of carbonyl (C=O) groups excluding carboxylic acids is 1. The summed E-state index contributed by atoms with van der Waals surface area (Å²) in [5, 5.41) is 2.97. The number of halogens is 2. The first-order valence-corrected chi connectivity index (χ1v) is 9.31. The lowest BCUT2D eigenvalue weighted by atomic mass is 10.1. The lowest BCUT2D eigenvalue weighted by molar-refractivity contribution is 0.0967. The number of hydrogen-bond acceptors (Lipinski definition) is 4. The monoisotopic (exact) mass is 382 g/mol. The molecule has 1 aliphatic heterocycles. The van der Waals surface area contributed by atoms with Gasteiger partial charge in [0, 0.05) is 30.1 Å². The Balaban J connectivity index is 1.83. The molecule has 3 rings (SSSR count). The number of methoxy groups -OCH3 is 1. The SMILES string of the molecule is CNC(=O)c1ccc([C@@H]2CCCN2Cc2c(F)ccc(OC)c2Cl)s1. The molecule has 0 aliphatic carbocycles. The average Bonchev–Trinajstić information content (AvgIpc) is 3.27. The topological polar surface area (TPSA) is 41.6 Å². The van der Waals surface area contributed by atoms with Crippen molar-refractivity contribution in [1.82, 2.24) is 10.2 Å². The number of ether oxygens (including phenoxy) is 1. The Kier molecular flexibility index (Phi) is 5.61. The molecule has 1 fully saturated rings. The number of rotatable bonds is 5. The van der Waals surface area contributed by atoms with Crippen LogP contribution in [0.5, 0.6) is 5.75 Å². The number of benzene rings is 1. The summed E-state index contributed by atoms with van der Waals surface area (Å²) < 4.78 is 19.5. The third kappa shape index (κ3) is 3.66. The summed E-state index contributed by atoms with van der Waals surface area (Å²) in [5.41, 5.74) is 0.455. The molecule has 0 radical (unpaired) electrons. The molecule has 0 spiro atoms. The van der Waals surface area contributed by atoms with Gasteiger partial charge >= 0.3 is 0 Å². The van der Waals surface area contributed by atoms with Crippen molar-refractivity contribution in [3.05, 3.63) is 50.4 Å². The highest BCUT2D eigenvalue weighted by Gasteiger charge is 2.29. The van der Waals surface area contributed by atoms with Crippen LogP contribution in [0.15, 0.2) is 24.3 Å². The van der Waals surface area contributed by atoms with E-state index in [2.05, 4.69) is 10.2 Å². The molecular formula is C18H20ClFN2O2S. The highest BCUT2D eigenvalue weighted by Crippen LogP contribution is 2.39. The minimum Gasteiger partial charge on any atom is -0.495 e. The molecule has 7 heteroatoms. The summed E-state index contributed by atoms with van der Waals surface area (Å²) in [5.74, 6) is 0.0724. The molecule has 0 saturated carbocycles. The van der Waals surface area contributed by atoms with Crippen LogP contribution in [-0.4, -0.2) is 31.5 Å². The lowest BCUT2D eigenvalue weighted by Crippen LogP contribution is -2.23. The zero-order valence-electron chi connectivity index (χ0n) is 14.1. The molecule has 1 aliphatic rings. The van der Waals surface area contributed by atoms with Crippen molar-refractivity contribution >= 4 is 28.8 Å². The number of hydrogen-bond donors (Lipinski definition) is 1. The molecule has 1 aromatic heterocycles. The van der Waals surface area contributed by atoms with E-state index in [0.717, 1.165) is 24.3 Å². The fourth-order valence-corrected chi connectivity index (χ4v) is 4.61. The Morgan fingerprint density at radius 1 is 1.44 bits per heavy atom. The zero-order valence-corrected chi connectivity index (χ0v) is 15.7. The normalized spacial score (nSPS) is 17.7. The van der Waals surface area contributed by atoms with Crippen LogP contribution in [0.4, 0.5) is 4.39 Å². The molecular weight excluding hydrogens is 363 g/mol. The number of carbonyl (C=O) groups is 1. The second-order valence-electron chi connectivity index (χ2n) is 5.95. The number of likely N-dealkylation sites (tertiary alicyclic amines) is 1. The first-order chi connectivity index (χ1) is 12.0. The molecule has 1 saturated heterocycles. The van der Waals surface area contributed by atoms with Crippen molar-refractivity contribution in [2.24, 2.45) is 0 Å². The van der Waals surface area contributed by atoms with Crippen LogP contribution in [0.25, 0.3) is 0 Å². The minimum atomic E-state index is -0.325. The molecule has 2 aromatic rings. The van der Waals surface area contributed by atoms with Gasteiger partial charge in [-0.25, -0.2) is 4.39 Å². The molecule has 0 unspecified atom stereocenters. The number of nitrogens with zero attached hydrogens (tertiary/aromatic N) is 1. The van der Waals surface area contributed by atoms with Crippen LogP contribution in [-0.2, 0) is 6.54 Å². The van der Waals surface area contributed by atoms with E-state index in [1.807, 2.05) is 12.1 Å². The summed E-state index contributed by atoms with van der Waals surface area (Å²) in [6.45, 7) is 1.28. The van der Waals surface area contributed by atoms with E-state index in [4.69, 9.17) is 16.3 Å². The van der Waals surface area contributed by atoms with Gasteiger partial charge in [0.25, 0.3) is 5.91 Å². The molecule has 1 aromatic carbocycles. The van der Waals surface area contributed by atoms with Crippen molar-refractivity contribution in [1.29, 1.82) is 0 Å². The molecule has 25 heavy (non-hydrogen) atoms. The van der Waals surface area contributed by atoms with Gasteiger partial charge in [-0.1, -0.05) is 11.6 Å². The highest BCUT2D eigenvalue weighted by atomic mass is 35.5. The van der Waals surface area contributed by atoms with Crippen LogP contribution < -0.4 is 10.1 Å². The quantitative estimate of drug-likeness (QED) is 0.840. The number of nitrogens with one attached hydrogen (secondary N) is 1. The molecule has 1 amide bonds. The standard InChI is InChI=1S/C18H20ClFN2O2S/c1-21-18(23)16-8-7-15(25-16)13-4-3-9-22(13)10-11-12(20)5-6-14(24-2)17(11)19/h5-8,13H,3-4,9-10H2,1-2H3,(H,21,23)/t13-/m0/s1. The summed E-state index contributed by atoms with van der Waals surface area (Å²) >= 11 is 7.80. The Bertz CT molecular complexity index is 780. The summed E-state index contributed by atoms with van der Waals surface area (Å²) in [6.07, 6.45) is 2.01. The highest BCUT2D eigenvalue weighted by molar-refractivity contribution is 7.14. The van der Waals surface area contributed by atoms with E-state index in [1.54, 1.807) is 7.05 Å². The first kappa shape index (κ1) is 18.2. The van der Waals surface area contributed by atoms with E-state index in [-0.39, 0.29) is 17.8 Å². The van der Waals surface area contributed by atoms with E-state index in [0.29, 0.717) is 27.8 Å². The molecule has 1 atom stereocenters. The van der Waals surface area contributed by atoms with Gasteiger partial charge in [-0.3, -0.25) is 9.69 Å². The van der Waals surface area contributed by atoms with Gasteiger partial charge in [-0.05, 0) is 43.7 Å². The van der Waals surface area contributed by atoms with Gasteiger partial charge in [0.1, 0.15) is 11.6 Å². The fraction of sp³-hybridized carbons (Fsp3) is 0.389. The van der Waals surface area contributed by atoms with Gasteiger partial charge < -0.3 is 10.1 Å². The molecule has 1 N–H and O–H groups in total. The largest absolute Gasteiger partial charge is 0.495 e. The van der Waals surface area contributed by atoms with Crippen molar-refractivity contribution in [2.75, 3.05) is 20.7 Å². The predicted octanol–water partition coefficient (Wildman–Crippen LogP) is 4.25. The zero-order chi connectivity index (χ0) is 18.0. The third-order valence-electron chi connectivity index (χ3n) is 4.50. The number of amides is 1. The summed E-state index contributed by atoms with van der Waals surface area (Å²) in [4.78, 5) is 15.8. The fourth-order valence-electron chi connectivity index (χ4n) is 3.20. The second-order valence-corrected chi connectivity index (χ2v) is 7.45. The summed E-state index contributed by atoms with van der Waals surface area (Å²) in [6, 6.07) is 6.93. The van der Waals surface area contributed by atoms with Gasteiger partial charge in [0.15, 0.2) is 0 Å². The molecule has 134 valence electrons. The van der Waals surface area contributed by atoms with Gasteiger partial charge in [-0.15, -0.1) is 11.3 Å². The smallest absolute Gasteiger partial charge is 0.261 e. The lowest BCUT2D eigenvalue weighted by Gasteiger charge is -2.24. The van der Waals surface area contributed by atoms with Crippen molar-refractivity contribution < 1.29 is 13.9 Å². The Labute approximate surface area is 155 Å². The Morgan fingerprint density at radius 3 is 2.96 bits per heavy atom. The van der Waals surface area contributed by atoms with E-state index < -0.39 is 0 Å². The van der Waals surface area contributed by atoms with Crippen LogP contribution in [0, 0.1) is 5.82 Å². The maximum absolute atomic E-state index is 14.3. The Hall–Kier alpha value is -1.63. The van der Waals surface area contributed by atoms with Gasteiger partial charge in [0.2, 0.25) is 0 Å². The second kappa shape index (κ2) is 7.72. The number of thiophene rings is 1. The molecule has 0 bridgehead atoms. The van der Waals surface area contributed by atoms with Crippen LogP contribution in [0.1, 0.15) is 39.0 Å². The van der Waals surface area contributed by atoms with Gasteiger partial charge in [-0.2, -0.15) is 0 Å². The van der Waals surface area contributed by atoms with Gasteiger partial charge in [0.05, 0.1) is 17.0 Å². The van der Waals surface area contributed by atoms with Crippen molar-refractivity contribution in [3.8, 4) is 5.75 Å². The molecule has 2 heterocycles. The van der Waals surface area contributed by atoms with E-state index in [9.17, 15) is 9.18 Å². The first-order valence-electron chi connectivity index (χ1n) is 8.12. The van der Waals surface area contributed by atoms with E-state index >= 15 is 0 Å². The van der Waals surface area contributed by atoms with Crippen molar-refractivity contribution in [2.45, 2.75) is 25.4 Å². The third-order valence-corrected chi connectivity index (χ3v) is 6.10. The van der Waals surface area contributed by atoms with Crippen molar-refractivity contribution in [3.63, 3.8) is 0 Å². The summed E-state index contributed by atoms with van der Waals surface area (Å²) in [7, 11) is 3.14. The Morgan fingerprint density at radius 2 is 2.24 bits per heavy atom. The van der Waals surface area contributed by atoms with Crippen LogP contribution in [0.3, 0.4) is 0 Å². The van der Waals surface area contributed by atoms with E-state index in [1.165, 1.54) is 30.6 Å². The molecule has 4 nitrogen and oxygen atoms in total. The maximum Gasteiger partial charge on any atom is 0.261 e.